The first-order chi connectivity index (χ1) is 17.6. The maximum absolute atomic E-state index is 5.96. The fourth-order valence-electron chi connectivity index (χ4n) is 3.31. The van der Waals surface area contributed by atoms with Crippen LogP contribution in [0.2, 0.25) is 0 Å². The van der Waals surface area contributed by atoms with Crippen LogP contribution in [-0.4, -0.2) is 49.3 Å². The van der Waals surface area contributed by atoms with Crippen LogP contribution in [0.1, 0.15) is 61.8 Å². The van der Waals surface area contributed by atoms with Crippen molar-refractivity contribution in [3.8, 4) is 11.5 Å². The van der Waals surface area contributed by atoms with E-state index in [2.05, 4.69) is 86.6 Å². The van der Waals surface area contributed by atoms with Crippen LogP contribution in [0.3, 0.4) is 0 Å². The number of anilines is 2. The normalized spacial score (nSPS) is 12.3. The maximum atomic E-state index is 5.96. The monoisotopic (exact) mass is 510 g/mol. The van der Waals surface area contributed by atoms with Gasteiger partial charge in [-0.15, -0.1) is 0 Å². The minimum absolute atomic E-state index is 0.191. The molecule has 204 valence electrons. The largest absolute Gasteiger partial charge is 0.493 e. The molecular formula is C29H46N6O2. The molecule has 0 amide bonds. The molecule has 0 fully saturated rings. The van der Waals surface area contributed by atoms with Gasteiger partial charge in [0.2, 0.25) is 0 Å². The maximum Gasteiger partial charge on any atom is 0.196 e. The Labute approximate surface area is 223 Å². The smallest absolute Gasteiger partial charge is 0.196 e. The summed E-state index contributed by atoms with van der Waals surface area (Å²) in [7, 11) is 0. The molecule has 0 aromatic heterocycles. The fraction of sp³-hybridized carbons (Fsp3) is 0.517. The zero-order valence-corrected chi connectivity index (χ0v) is 23.8. The molecule has 0 unspecified atom stereocenters. The summed E-state index contributed by atoms with van der Waals surface area (Å²) in [4.78, 5) is 9.25. The molecule has 2 aromatic carbocycles. The van der Waals surface area contributed by atoms with Gasteiger partial charge in [-0.3, -0.25) is 9.98 Å². The summed E-state index contributed by atoms with van der Waals surface area (Å²) in [5, 5.41) is 13.4. The number of ether oxygens (including phenoxy) is 2. The highest BCUT2D eigenvalue weighted by molar-refractivity contribution is 5.94. The molecule has 0 saturated heterocycles. The molecule has 0 bridgehead atoms. The van der Waals surface area contributed by atoms with Gasteiger partial charge in [-0.1, -0.05) is 12.1 Å². The SMILES string of the molecule is CC(C)N=C(Nc1cccc(OCCCOc2cccc(NC(=NC(C)C)NC(C)C)c2)c1)NC(C)C. The highest BCUT2D eigenvalue weighted by Crippen LogP contribution is 2.19. The van der Waals surface area contributed by atoms with E-state index in [1.165, 1.54) is 0 Å². The number of aliphatic imine (C=N–C) groups is 2. The average molecular weight is 511 g/mol. The van der Waals surface area contributed by atoms with E-state index in [9.17, 15) is 0 Å². The van der Waals surface area contributed by atoms with Crippen molar-refractivity contribution in [3.63, 3.8) is 0 Å². The molecule has 0 spiro atoms. The van der Waals surface area contributed by atoms with Gasteiger partial charge in [0.25, 0.3) is 0 Å². The van der Waals surface area contributed by atoms with Gasteiger partial charge in [-0.2, -0.15) is 0 Å². The van der Waals surface area contributed by atoms with Gasteiger partial charge >= 0.3 is 0 Å². The van der Waals surface area contributed by atoms with E-state index in [0.717, 1.165) is 41.2 Å². The highest BCUT2D eigenvalue weighted by atomic mass is 16.5. The first-order valence-corrected chi connectivity index (χ1v) is 13.3. The molecule has 0 saturated carbocycles. The minimum atomic E-state index is 0.191. The van der Waals surface area contributed by atoms with Gasteiger partial charge in [0, 0.05) is 54.1 Å². The van der Waals surface area contributed by atoms with Crippen LogP contribution in [0.25, 0.3) is 0 Å². The predicted octanol–water partition coefficient (Wildman–Crippen LogP) is 5.88. The molecule has 0 atom stereocenters. The summed E-state index contributed by atoms with van der Waals surface area (Å²) in [5.74, 6) is 3.13. The Morgan fingerprint density at radius 2 is 1.05 bits per heavy atom. The van der Waals surface area contributed by atoms with Gasteiger partial charge in [-0.25, -0.2) is 0 Å². The van der Waals surface area contributed by atoms with Crippen LogP contribution in [0.15, 0.2) is 58.5 Å². The lowest BCUT2D eigenvalue weighted by atomic mass is 10.3. The second kappa shape index (κ2) is 15.6. The number of rotatable bonds is 12. The van der Waals surface area contributed by atoms with Crippen LogP contribution in [0.4, 0.5) is 11.4 Å². The van der Waals surface area contributed by atoms with Crippen molar-refractivity contribution >= 4 is 23.3 Å². The second-order valence-corrected chi connectivity index (χ2v) is 10.1. The first-order valence-electron chi connectivity index (χ1n) is 13.3. The van der Waals surface area contributed by atoms with Gasteiger partial charge in [-0.05, 0) is 79.7 Å². The second-order valence-electron chi connectivity index (χ2n) is 10.1. The standard InChI is InChI=1S/C29H46N6O2/c1-20(2)30-28(31-21(3)4)34-24-12-9-14-26(18-24)36-16-11-17-37-27-15-10-13-25(19-27)35-29(32-22(5)6)33-23(7)8/h9-10,12-15,18-23H,11,16-17H2,1-8H3,(H2,30,31,34)(H2,32,33,35). The van der Waals surface area contributed by atoms with Crippen molar-refractivity contribution in [1.29, 1.82) is 0 Å². The molecule has 4 N–H and O–H groups in total. The van der Waals surface area contributed by atoms with Crippen molar-refractivity contribution in [2.24, 2.45) is 9.98 Å². The number of nitrogens with one attached hydrogen (secondary N) is 4. The molecule has 0 heterocycles. The molecule has 0 radical (unpaired) electrons. The van der Waals surface area contributed by atoms with Gasteiger partial charge in [0.05, 0.1) is 13.2 Å². The molecule has 2 rings (SSSR count). The van der Waals surface area contributed by atoms with Crippen LogP contribution >= 0.6 is 0 Å². The van der Waals surface area contributed by atoms with Gasteiger partial charge < -0.3 is 30.7 Å². The van der Waals surface area contributed by atoms with Gasteiger partial charge in [0.15, 0.2) is 11.9 Å². The number of nitrogens with zero attached hydrogens (tertiary/aromatic N) is 2. The molecule has 37 heavy (non-hydrogen) atoms. The lowest BCUT2D eigenvalue weighted by Gasteiger charge is -2.17. The van der Waals surface area contributed by atoms with Crippen molar-refractivity contribution in [3.05, 3.63) is 48.5 Å². The summed E-state index contributed by atoms with van der Waals surface area (Å²) >= 11 is 0. The van der Waals surface area contributed by atoms with Crippen LogP contribution in [-0.2, 0) is 0 Å². The molecule has 8 nitrogen and oxygen atoms in total. The predicted molar refractivity (Wildman–Crippen MR) is 157 cm³/mol. The molecule has 0 aliphatic heterocycles. The third-order valence-electron chi connectivity index (χ3n) is 4.65. The first kappa shape index (κ1) is 29.8. The van der Waals surface area contributed by atoms with E-state index in [0.29, 0.717) is 13.2 Å². The van der Waals surface area contributed by atoms with E-state index >= 15 is 0 Å². The summed E-state index contributed by atoms with van der Waals surface area (Å²) < 4.78 is 11.9. The van der Waals surface area contributed by atoms with Crippen molar-refractivity contribution < 1.29 is 9.47 Å². The summed E-state index contributed by atoms with van der Waals surface area (Å²) in [6, 6.07) is 16.8. The molecule has 8 heteroatoms. The Balaban J connectivity index is 1.84. The quantitative estimate of drug-likeness (QED) is 0.162. The third-order valence-corrected chi connectivity index (χ3v) is 4.65. The van der Waals surface area contributed by atoms with Crippen molar-refractivity contribution in [1.82, 2.24) is 10.6 Å². The van der Waals surface area contributed by atoms with Gasteiger partial charge in [0.1, 0.15) is 11.5 Å². The Hall–Kier alpha value is -3.42. The van der Waals surface area contributed by atoms with E-state index in [-0.39, 0.29) is 24.2 Å². The molecule has 2 aromatic rings. The van der Waals surface area contributed by atoms with E-state index in [4.69, 9.17) is 9.47 Å². The highest BCUT2D eigenvalue weighted by Gasteiger charge is 2.06. The van der Waals surface area contributed by atoms with E-state index in [1.54, 1.807) is 0 Å². The van der Waals surface area contributed by atoms with Crippen molar-refractivity contribution in [2.45, 2.75) is 86.0 Å². The Bertz CT molecular complexity index is 922. The minimum Gasteiger partial charge on any atom is -0.493 e. The van der Waals surface area contributed by atoms with Crippen LogP contribution in [0, 0.1) is 0 Å². The van der Waals surface area contributed by atoms with E-state index < -0.39 is 0 Å². The zero-order valence-electron chi connectivity index (χ0n) is 23.8. The lowest BCUT2D eigenvalue weighted by molar-refractivity contribution is 0.247. The Morgan fingerprint density at radius 1 is 0.649 bits per heavy atom. The summed E-state index contributed by atoms with van der Waals surface area (Å²) in [5.41, 5.74) is 1.86. The Morgan fingerprint density at radius 3 is 1.41 bits per heavy atom. The fourth-order valence-corrected chi connectivity index (χ4v) is 3.31. The summed E-state index contributed by atoms with van der Waals surface area (Å²) in [6.45, 7) is 17.7. The third kappa shape index (κ3) is 12.9. The Kier molecular flexibility index (Phi) is 12.6. The van der Waals surface area contributed by atoms with E-state index in [1.807, 2.05) is 48.5 Å². The average Bonchev–Trinajstić information content (AvgIpc) is 2.77. The molecular weight excluding hydrogens is 464 g/mol. The number of hydrogen-bond donors (Lipinski definition) is 4. The van der Waals surface area contributed by atoms with Crippen LogP contribution in [0.5, 0.6) is 11.5 Å². The zero-order chi connectivity index (χ0) is 27.2. The van der Waals surface area contributed by atoms with Crippen molar-refractivity contribution in [2.75, 3.05) is 23.8 Å². The molecule has 0 aliphatic rings. The number of hydrogen-bond acceptors (Lipinski definition) is 4. The number of benzene rings is 2. The lowest BCUT2D eigenvalue weighted by Crippen LogP contribution is -2.36. The summed E-state index contributed by atoms with van der Waals surface area (Å²) in [6.07, 6.45) is 0.763. The van der Waals surface area contributed by atoms with Crippen LogP contribution < -0.4 is 30.7 Å². The molecule has 0 aliphatic carbocycles. The topological polar surface area (TPSA) is 91.3 Å². The number of guanidine groups is 2.